The van der Waals surface area contributed by atoms with Gasteiger partial charge in [-0.2, -0.15) is 5.26 Å². The molecule has 210 valence electrons. The summed E-state index contributed by atoms with van der Waals surface area (Å²) in [5, 5.41) is 21.9. The summed E-state index contributed by atoms with van der Waals surface area (Å²) in [4.78, 5) is 11.6. The summed E-state index contributed by atoms with van der Waals surface area (Å²) in [6.45, 7) is 4.68. The van der Waals surface area contributed by atoms with Crippen molar-refractivity contribution in [1.82, 2.24) is 5.32 Å². The van der Waals surface area contributed by atoms with Gasteiger partial charge in [0.05, 0.1) is 24.3 Å². The number of benzene rings is 4. The third kappa shape index (κ3) is 7.44. The van der Waals surface area contributed by atoms with E-state index in [9.17, 15) is 15.2 Å². The lowest BCUT2D eigenvalue weighted by atomic mass is 9.97. The number of ether oxygens (including phenoxy) is 3. The van der Waals surface area contributed by atoms with Gasteiger partial charge in [0.1, 0.15) is 36.5 Å². The molecule has 4 aromatic carbocycles. The molecule has 41 heavy (non-hydrogen) atoms. The normalized spacial score (nSPS) is 11.4. The summed E-state index contributed by atoms with van der Waals surface area (Å²) in [5.41, 5.74) is 6.55. The molecule has 7 nitrogen and oxygen atoms in total. The molecule has 0 aliphatic carbocycles. The molecule has 4 aromatic rings. The van der Waals surface area contributed by atoms with Gasteiger partial charge in [-0.15, -0.1) is 0 Å². The predicted octanol–water partition coefficient (Wildman–Crippen LogP) is 6.65. The molecular weight excluding hydrogens is 516 g/mol. The molecular formula is C34H34N2O5. The summed E-state index contributed by atoms with van der Waals surface area (Å²) >= 11 is 0. The van der Waals surface area contributed by atoms with Crippen LogP contribution in [0.25, 0.3) is 11.1 Å². The molecule has 7 heteroatoms. The molecule has 0 radical (unpaired) electrons. The van der Waals surface area contributed by atoms with Crippen LogP contribution < -0.4 is 19.5 Å². The topological polar surface area (TPSA) is 101 Å². The number of carboxylic acids is 1. The highest BCUT2D eigenvalue weighted by molar-refractivity contribution is 5.73. The second-order valence-corrected chi connectivity index (χ2v) is 9.63. The van der Waals surface area contributed by atoms with Crippen LogP contribution in [0.15, 0.2) is 84.9 Å². The van der Waals surface area contributed by atoms with Gasteiger partial charge in [0.2, 0.25) is 0 Å². The van der Waals surface area contributed by atoms with Crippen LogP contribution in [0.2, 0.25) is 0 Å². The second-order valence-electron chi connectivity index (χ2n) is 9.63. The maximum absolute atomic E-state index is 11.6. The molecule has 0 bridgehead atoms. The number of methoxy groups -OCH3 is 1. The third-order valence-electron chi connectivity index (χ3n) is 6.97. The zero-order valence-electron chi connectivity index (χ0n) is 23.5. The Morgan fingerprint density at radius 2 is 1.71 bits per heavy atom. The van der Waals surface area contributed by atoms with Gasteiger partial charge in [-0.1, -0.05) is 67.6 Å². The minimum Gasteiger partial charge on any atom is -0.496 e. The fraction of sp³-hybridized carbons (Fsp3) is 0.235. The Kier molecular flexibility index (Phi) is 9.98. The molecule has 0 saturated carbocycles. The van der Waals surface area contributed by atoms with Crippen LogP contribution in [0.4, 0.5) is 0 Å². The first kappa shape index (κ1) is 29.2. The fourth-order valence-corrected chi connectivity index (χ4v) is 4.62. The molecule has 0 saturated heterocycles. The molecule has 0 spiro atoms. The minimum atomic E-state index is -0.921. The fourth-order valence-electron chi connectivity index (χ4n) is 4.62. The predicted molar refractivity (Wildman–Crippen MR) is 158 cm³/mol. The van der Waals surface area contributed by atoms with Crippen molar-refractivity contribution in [2.45, 2.75) is 46.1 Å². The molecule has 0 aliphatic heterocycles. The van der Waals surface area contributed by atoms with Crippen molar-refractivity contribution in [1.29, 1.82) is 5.26 Å². The summed E-state index contributed by atoms with van der Waals surface area (Å²) in [7, 11) is 1.56. The number of nitrogens with one attached hydrogen (secondary N) is 1. The molecule has 4 rings (SSSR count). The Morgan fingerprint density at radius 1 is 0.951 bits per heavy atom. The summed E-state index contributed by atoms with van der Waals surface area (Å²) in [6.07, 6.45) is 0.428. The van der Waals surface area contributed by atoms with Gasteiger partial charge in [0, 0.05) is 18.7 Å². The smallest absolute Gasteiger partial charge is 0.320 e. The van der Waals surface area contributed by atoms with Gasteiger partial charge in [-0.3, -0.25) is 4.79 Å². The third-order valence-corrected chi connectivity index (χ3v) is 6.97. The number of hydrogen-bond donors (Lipinski definition) is 2. The van der Waals surface area contributed by atoms with Crippen molar-refractivity contribution in [3.05, 3.63) is 113 Å². The van der Waals surface area contributed by atoms with Crippen molar-refractivity contribution < 1.29 is 24.1 Å². The van der Waals surface area contributed by atoms with Gasteiger partial charge in [-0.25, -0.2) is 0 Å². The van der Waals surface area contributed by atoms with Crippen LogP contribution in [0.3, 0.4) is 0 Å². The van der Waals surface area contributed by atoms with E-state index in [1.807, 2.05) is 49.4 Å². The van der Waals surface area contributed by atoms with Crippen LogP contribution in [-0.2, 0) is 24.6 Å². The standard InChI is InChI=1S/C34H34N2O5/c1-4-31(34(37)38)36-20-30-32(39-3)17-28(18-33(30)41-21-25-11-8-10-24(16-25)19-35)40-22-27-14-9-15-29(23(27)2)26-12-6-5-7-13-26/h5-18,31,36H,4,20-22H2,1-3H3,(H,37,38). The minimum absolute atomic E-state index is 0.212. The lowest BCUT2D eigenvalue weighted by Gasteiger charge is -2.20. The Hall–Kier alpha value is -4.80. The Bertz CT molecular complexity index is 1530. The number of hydrogen-bond acceptors (Lipinski definition) is 6. The van der Waals surface area contributed by atoms with E-state index in [0.717, 1.165) is 27.8 Å². The average Bonchev–Trinajstić information content (AvgIpc) is 3.00. The molecule has 0 fully saturated rings. The lowest BCUT2D eigenvalue weighted by molar-refractivity contribution is -0.139. The Morgan fingerprint density at radius 3 is 2.41 bits per heavy atom. The van der Waals surface area contributed by atoms with E-state index in [1.54, 1.807) is 31.4 Å². The summed E-state index contributed by atoms with van der Waals surface area (Å²) in [6, 6.07) is 28.6. The van der Waals surface area contributed by atoms with Crippen molar-refractivity contribution >= 4 is 5.97 Å². The number of nitrogens with zero attached hydrogens (tertiary/aromatic N) is 1. The first-order valence-corrected chi connectivity index (χ1v) is 13.5. The zero-order chi connectivity index (χ0) is 29.2. The summed E-state index contributed by atoms with van der Waals surface area (Å²) in [5.74, 6) is 0.659. The van der Waals surface area contributed by atoms with Gasteiger partial charge >= 0.3 is 5.97 Å². The van der Waals surface area contributed by atoms with E-state index in [0.29, 0.717) is 41.4 Å². The maximum Gasteiger partial charge on any atom is 0.320 e. The SMILES string of the molecule is CCC(NCc1c(OC)cc(OCc2cccc(-c3ccccc3)c2C)cc1OCc1cccc(C#N)c1)C(=O)O. The highest BCUT2D eigenvalue weighted by Crippen LogP contribution is 2.36. The first-order valence-electron chi connectivity index (χ1n) is 13.5. The monoisotopic (exact) mass is 550 g/mol. The highest BCUT2D eigenvalue weighted by atomic mass is 16.5. The van der Waals surface area contributed by atoms with E-state index in [1.165, 1.54) is 0 Å². The van der Waals surface area contributed by atoms with Gasteiger partial charge in [0.25, 0.3) is 0 Å². The average molecular weight is 551 g/mol. The molecule has 0 aromatic heterocycles. The van der Waals surface area contributed by atoms with E-state index >= 15 is 0 Å². The molecule has 1 unspecified atom stereocenters. The van der Waals surface area contributed by atoms with Crippen molar-refractivity contribution in [3.63, 3.8) is 0 Å². The van der Waals surface area contributed by atoms with Gasteiger partial charge in [0.15, 0.2) is 0 Å². The number of aliphatic carboxylic acids is 1. The molecule has 0 amide bonds. The molecule has 0 heterocycles. The van der Waals surface area contributed by atoms with Crippen molar-refractivity contribution in [2.24, 2.45) is 0 Å². The van der Waals surface area contributed by atoms with E-state index in [-0.39, 0.29) is 13.2 Å². The number of rotatable bonds is 13. The van der Waals surface area contributed by atoms with Crippen molar-refractivity contribution in [3.8, 4) is 34.4 Å². The van der Waals surface area contributed by atoms with Crippen LogP contribution in [-0.4, -0.2) is 24.2 Å². The van der Waals surface area contributed by atoms with Crippen LogP contribution >= 0.6 is 0 Å². The van der Waals surface area contributed by atoms with Crippen LogP contribution in [0.5, 0.6) is 17.2 Å². The maximum atomic E-state index is 11.6. The van der Waals surface area contributed by atoms with E-state index in [2.05, 4.69) is 36.5 Å². The first-order chi connectivity index (χ1) is 19.9. The second kappa shape index (κ2) is 14.0. The number of nitriles is 1. The number of carboxylic acid groups (broad SMARTS) is 1. The van der Waals surface area contributed by atoms with Crippen LogP contribution in [0, 0.1) is 18.3 Å². The highest BCUT2D eigenvalue weighted by Gasteiger charge is 2.19. The lowest BCUT2D eigenvalue weighted by Crippen LogP contribution is -2.35. The van der Waals surface area contributed by atoms with E-state index < -0.39 is 12.0 Å². The molecule has 1 atom stereocenters. The van der Waals surface area contributed by atoms with E-state index in [4.69, 9.17) is 14.2 Å². The van der Waals surface area contributed by atoms with Crippen molar-refractivity contribution in [2.75, 3.05) is 7.11 Å². The zero-order valence-corrected chi connectivity index (χ0v) is 23.5. The summed E-state index contributed by atoms with van der Waals surface area (Å²) < 4.78 is 18.2. The van der Waals surface area contributed by atoms with Crippen LogP contribution in [0.1, 0.15) is 41.2 Å². The molecule has 2 N–H and O–H groups in total. The van der Waals surface area contributed by atoms with Gasteiger partial charge < -0.3 is 24.6 Å². The van der Waals surface area contributed by atoms with Gasteiger partial charge in [-0.05, 0) is 53.3 Å². The Balaban J connectivity index is 1.61. The Labute approximate surface area is 240 Å². The number of carbonyl (C=O) groups is 1. The molecule has 0 aliphatic rings. The largest absolute Gasteiger partial charge is 0.496 e. The quantitative estimate of drug-likeness (QED) is 0.192.